The van der Waals surface area contributed by atoms with E-state index in [0.29, 0.717) is 25.3 Å². The Morgan fingerprint density at radius 1 is 1.15 bits per heavy atom. The molecule has 148 valence electrons. The van der Waals surface area contributed by atoms with Crippen molar-refractivity contribution < 1.29 is 33.0 Å². The zero-order valence-electron chi connectivity index (χ0n) is 14.8. The molecule has 27 heavy (non-hydrogen) atoms. The van der Waals surface area contributed by atoms with Crippen molar-refractivity contribution in [3.05, 3.63) is 41.2 Å². The van der Waals surface area contributed by atoms with Gasteiger partial charge in [0, 0.05) is 24.0 Å². The highest BCUT2D eigenvalue weighted by molar-refractivity contribution is 5.88. The first kappa shape index (κ1) is 21.2. The van der Waals surface area contributed by atoms with Crippen LogP contribution >= 0.6 is 0 Å². The number of carboxylic acids is 1. The largest absolute Gasteiger partial charge is 0.481 e. The lowest BCUT2D eigenvalue weighted by molar-refractivity contribution is -0.137. The number of ketones is 1. The molecule has 3 unspecified atom stereocenters. The van der Waals surface area contributed by atoms with E-state index in [-0.39, 0.29) is 30.1 Å². The number of aliphatic hydroxyl groups is 1. The summed E-state index contributed by atoms with van der Waals surface area (Å²) in [6, 6.07) is 1.34. The molecule has 1 aliphatic rings. The van der Waals surface area contributed by atoms with Gasteiger partial charge >= 0.3 is 5.97 Å². The SMILES string of the molecule is O=C(O)CCCCCCC1C(=O)C(O)CC1C=Cc1cc(F)cc(F)c1F. The zero-order valence-corrected chi connectivity index (χ0v) is 14.8. The van der Waals surface area contributed by atoms with Crippen LogP contribution in [-0.2, 0) is 9.59 Å². The third-order valence-corrected chi connectivity index (χ3v) is 4.91. The monoisotopic (exact) mass is 384 g/mol. The van der Waals surface area contributed by atoms with E-state index in [9.17, 15) is 27.9 Å². The van der Waals surface area contributed by atoms with E-state index >= 15 is 0 Å². The second-order valence-electron chi connectivity index (χ2n) is 6.92. The fourth-order valence-corrected chi connectivity index (χ4v) is 3.48. The number of hydrogen-bond acceptors (Lipinski definition) is 3. The van der Waals surface area contributed by atoms with E-state index in [1.165, 1.54) is 12.2 Å². The summed E-state index contributed by atoms with van der Waals surface area (Å²) in [7, 11) is 0. The standard InChI is InChI=1S/C20H23F3O4/c21-14-9-13(19(23)16(22)11-14)8-7-12-10-17(24)20(27)15(12)5-3-1-2-4-6-18(25)26/h7-9,11-12,15,17,24H,1-6,10H2,(H,25,26). The number of rotatable bonds is 9. The molecule has 3 atom stereocenters. The van der Waals surface area contributed by atoms with Crippen LogP contribution in [0, 0.1) is 29.3 Å². The molecule has 7 heteroatoms. The Morgan fingerprint density at radius 3 is 2.56 bits per heavy atom. The third-order valence-electron chi connectivity index (χ3n) is 4.91. The minimum atomic E-state index is -1.28. The van der Waals surface area contributed by atoms with Gasteiger partial charge in [-0.15, -0.1) is 0 Å². The summed E-state index contributed by atoms with van der Waals surface area (Å²) in [6.07, 6.45) is 5.31. The van der Waals surface area contributed by atoms with E-state index in [2.05, 4.69) is 0 Å². The van der Waals surface area contributed by atoms with E-state index in [0.717, 1.165) is 18.9 Å². The number of halogens is 3. The number of carboxylic acid groups (broad SMARTS) is 1. The molecule has 0 aromatic heterocycles. The summed E-state index contributed by atoms with van der Waals surface area (Å²) >= 11 is 0. The summed E-state index contributed by atoms with van der Waals surface area (Å²) in [5, 5.41) is 18.4. The number of carbonyl (C=O) groups is 2. The summed E-state index contributed by atoms with van der Waals surface area (Å²) in [5.74, 6) is -5.22. The average molecular weight is 384 g/mol. The summed E-state index contributed by atoms with van der Waals surface area (Å²) in [4.78, 5) is 22.6. The van der Waals surface area contributed by atoms with Gasteiger partial charge in [0.15, 0.2) is 17.4 Å². The molecule has 0 radical (unpaired) electrons. The summed E-state index contributed by atoms with van der Waals surface area (Å²) < 4.78 is 40.3. The first-order valence-electron chi connectivity index (χ1n) is 9.06. The molecule has 2 rings (SSSR count). The molecule has 2 N–H and O–H groups in total. The number of aliphatic carboxylic acids is 1. The molecule has 1 aromatic carbocycles. The van der Waals surface area contributed by atoms with E-state index in [1.807, 2.05) is 0 Å². The molecule has 1 aliphatic carbocycles. The van der Waals surface area contributed by atoms with Crippen LogP contribution in [0.15, 0.2) is 18.2 Å². The highest BCUT2D eigenvalue weighted by Crippen LogP contribution is 2.35. The van der Waals surface area contributed by atoms with Gasteiger partial charge in [0.05, 0.1) is 0 Å². The van der Waals surface area contributed by atoms with Crippen LogP contribution in [0.2, 0.25) is 0 Å². The molecule has 4 nitrogen and oxygen atoms in total. The molecular weight excluding hydrogens is 361 g/mol. The molecule has 1 fully saturated rings. The third kappa shape index (κ3) is 5.92. The van der Waals surface area contributed by atoms with Crippen molar-refractivity contribution in [2.75, 3.05) is 0 Å². The van der Waals surface area contributed by atoms with Crippen molar-refractivity contribution in [1.29, 1.82) is 0 Å². The number of benzene rings is 1. The topological polar surface area (TPSA) is 74.6 Å². The molecule has 0 amide bonds. The Labute approximate surface area is 155 Å². The number of allylic oxidation sites excluding steroid dienone is 1. The van der Waals surface area contributed by atoms with Crippen LogP contribution in [0.3, 0.4) is 0 Å². The first-order chi connectivity index (χ1) is 12.8. The maximum Gasteiger partial charge on any atom is 0.303 e. The smallest absolute Gasteiger partial charge is 0.303 e. The Kier molecular flexibility index (Phi) is 7.59. The quantitative estimate of drug-likeness (QED) is 0.496. The first-order valence-corrected chi connectivity index (χ1v) is 9.06. The Hall–Kier alpha value is -2.15. The molecule has 0 saturated heterocycles. The van der Waals surface area contributed by atoms with Crippen molar-refractivity contribution in [2.45, 2.75) is 51.0 Å². The predicted octanol–water partition coefficient (Wildman–Crippen LogP) is 4.11. The minimum absolute atomic E-state index is 0.113. The minimum Gasteiger partial charge on any atom is -0.481 e. The fraction of sp³-hybridized carbons (Fsp3) is 0.500. The van der Waals surface area contributed by atoms with E-state index in [1.54, 1.807) is 0 Å². The van der Waals surface area contributed by atoms with Gasteiger partial charge in [-0.2, -0.15) is 0 Å². The Balaban J connectivity index is 1.96. The zero-order chi connectivity index (χ0) is 20.0. The van der Waals surface area contributed by atoms with Gasteiger partial charge in [0.2, 0.25) is 0 Å². The van der Waals surface area contributed by atoms with Gasteiger partial charge < -0.3 is 10.2 Å². The van der Waals surface area contributed by atoms with Crippen molar-refractivity contribution >= 4 is 17.8 Å². The second kappa shape index (κ2) is 9.69. The fourth-order valence-electron chi connectivity index (χ4n) is 3.48. The van der Waals surface area contributed by atoms with Crippen LogP contribution in [0.5, 0.6) is 0 Å². The van der Waals surface area contributed by atoms with Crippen molar-refractivity contribution in [3.8, 4) is 0 Å². The summed E-state index contributed by atoms with van der Waals surface area (Å²) in [6.45, 7) is 0. The maximum absolute atomic E-state index is 13.7. The number of hydrogen-bond donors (Lipinski definition) is 2. The lowest BCUT2D eigenvalue weighted by Gasteiger charge is -2.14. The Bertz CT molecular complexity index is 717. The van der Waals surface area contributed by atoms with E-state index < -0.39 is 35.4 Å². The molecule has 0 heterocycles. The van der Waals surface area contributed by atoms with Crippen molar-refractivity contribution in [1.82, 2.24) is 0 Å². The lowest BCUT2D eigenvalue weighted by atomic mass is 9.89. The van der Waals surface area contributed by atoms with Gasteiger partial charge in [0.25, 0.3) is 0 Å². The molecule has 0 bridgehead atoms. The molecular formula is C20H23F3O4. The van der Waals surface area contributed by atoms with Gasteiger partial charge in [-0.25, -0.2) is 13.2 Å². The van der Waals surface area contributed by atoms with Crippen LogP contribution in [0.1, 0.15) is 50.5 Å². The molecule has 1 aromatic rings. The molecule has 0 spiro atoms. The van der Waals surface area contributed by atoms with Gasteiger partial charge in [-0.3, -0.25) is 9.59 Å². The lowest BCUT2D eigenvalue weighted by Crippen LogP contribution is -2.19. The van der Waals surface area contributed by atoms with Crippen LogP contribution in [-0.4, -0.2) is 28.1 Å². The van der Waals surface area contributed by atoms with Crippen LogP contribution < -0.4 is 0 Å². The normalized spacial score (nSPS) is 22.7. The summed E-state index contributed by atoms with van der Waals surface area (Å²) in [5.41, 5.74) is -0.242. The number of aliphatic hydroxyl groups excluding tert-OH is 1. The number of carbonyl (C=O) groups excluding carboxylic acids is 1. The Morgan fingerprint density at radius 2 is 1.85 bits per heavy atom. The van der Waals surface area contributed by atoms with Crippen molar-refractivity contribution in [2.24, 2.45) is 11.8 Å². The maximum atomic E-state index is 13.7. The second-order valence-corrected chi connectivity index (χ2v) is 6.92. The predicted molar refractivity (Wildman–Crippen MR) is 93.3 cm³/mol. The van der Waals surface area contributed by atoms with Gasteiger partial charge in [-0.05, 0) is 31.2 Å². The van der Waals surface area contributed by atoms with Crippen molar-refractivity contribution in [3.63, 3.8) is 0 Å². The van der Waals surface area contributed by atoms with Crippen LogP contribution in [0.4, 0.5) is 13.2 Å². The number of Topliss-reactive ketones (excluding diaryl/α,β-unsaturated/α-hetero) is 1. The highest BCUT2D eigenvalue weighted by atomic mass is 19.2. The van der Waals surface area contributed by atoms with Gasteiger partial charge in [0.1, 0.15) is 11.9 Å². The number of unbranched alkanes of at least 4 members (excludes halogenated alkanes) is 3. The van der Waals surface area contributed by atoms with Gasteiger partial charge in [-0.1, -0.05) is 31.4 Å². The highest BCUT2D eigenvalue weighted by Gasteiger charge is 2.39. The van der Waals surface area contributed by atoms with Crippen LogP contribution in [0.25, 0.3) is 6.08 Å². The van der Waals surface area contributed by atoms with E-state index in [4.69, 9.17) is 5.11 Å². The average Bonchev–Trinajstić information content (AvgIpc) is 2.87. The molecule has 1 saturated carbocycles. The molecule has 0 aliphatic heterocycles.